The Hall–Kier alpha value is -2.20. The van der Waals surface area contributed by atoms with Crippen LogP contribution < -0.4 is 9.47 Å². The number of aryl methyl sites for hydroxylation is 1. The van der Waals surface area contributed by atoms with Crippen LogP contribution in [0.4, 0.5) is 0 Å². The van der Waals surface area contributed by atoms with E-state index in [2.05, 4.69) is 0 Å². The van der Waals surface area contributed by atoms with E-state index >= 15 is 0 Å². The molecule has 1 aromatic carbocycles. The molecule has 0 saturated heterocycles. The van der Waals surface area contributed by atoms with Gasteiger partial charge in [-0.1, -0.05) is 30.4 Å². The van der Waals surface area contributed by atoms with Gasteiger partial charge in [0, 0.05) is 4.86 Å². The summed E-state index contributed by atoms with van der Waals surface area (Å²) in [4.78, 5) is 13.4. The molecule has 0 aromatic heterocycles. The highest BCUT2D eigenvalue weighted by Crippen LogP contribution is 2.37. The smallest absolute Gasteiger partial charge is 0.166 e. The van der Waals surface area contributed by atoms with E-state index in [1.807, 2.05) is 72.8 Å². The van der Waals surface area contributed by atoms with Crippen LogP contribution in [-0.2, 0) is 4.79 Å². The number of thiocarbonyl (C=S) groups is 1. The molecule has 0 amide bonds. The lowest BCUT2D eigenvalue weighted by Crippen LogP contribution is -2.25. The zero-order valence-electron chi connectivity index (χ0n) is 17.8. The standard InChI is InChI=1S/C24H30O3S/c1-16-8-15-21(26-23(2,3)4)19(22(16)27-24(5,6)7)13-14-20(25)17-9-11-18(28)12-10-17/h8-15,17H,1-7H3/b14-13+. The molecule has 4 heteroatoms. The maximum atomic E-state index is 12.6. The Labute approximate surface area is 174 Å². The molecule has 0 spiro atoms. The summed E-state index contributed by atoms with van der Waals surface area (Å²) < 4.78 is 12.4. The number of benzene rings is 1. The summed E-state index contributed by atoms with van der Waals surface area (Å²) in [5, 5.41) is 0. The number of hydrogen-bond acceptors (Lipinski definition) is 4. The predicted molar refractivity (Wildman–Crippen MR) is 120 cm³/mol. The largest absolute Gasteiger partial charge is 0.487 e. The third-order valence-corrected chi connectivity index (χ3v) is 4.13. The van der Waals surface area contributed by atoms with Crippen molar-refractivity contribution < 1.29 is 14.3 Å². The van der Waals surface area contributed by atoms with Crippen LogP contribution in [0.25, 0.3) is 6.08 Å². The van der Waals surface area contributed by atoms with Crippen LogP contribution >= 0.6 is 12.2 Å². The van der Waals surface area contributed by atoms with Gasteiger partial charge in [0.25, 0.3) is 0 Å². The van der Waals surface area contributed by atoms with E-state index in [9.17, 15) is 4.79 Å². The topological polar surface area (TPSA) is 35.5 Å². The Bertz CT molecular complexity index is 830. The molecule has 0 unspecified atom stereocenters. The average molecular weight is 399 g/mol. The minimum atomic E-state index is -0.373. The maximum Gasteiger partial charge on any atom is 0.166 e. The molecular formula is C24H30O3S. The SMILES string of the molecule is Cc1ccc(OC(C)(C)C)c(/C=C/C(=O)C2C=CC(=S)C=C2)c1OC(C)(C)C. The summed E-state index contributed by atoms with van der Waals surface area (Å²) in [7, 11) is 0. The third kappa shape index (κ3) is 6.45. The number of ketones is 1. The van der Waals surface area contributed by atoms with Gasteiger partial charge in [-0.25, -0.2) is 0 Å². The molecule has 0 bridgehead atoms. The lowest BCUT2D eigenvalue weighted by molar-refractivity contribution is -0.115. The highest BCUT2D eigenvalue weighted by molar-refractivity contribution is 7.81. The van der Waals surface area contributed by atoms with Crippen molar-refractivity contribution in [3.63, 3.8) is 0 Å². The van der Waals surface area contributed by atoms with Gasteiger partial charge >= 0.3 is 0 Å². The second-order valence-corrected chi connectivity index (χ2v) is 9.41. The van der Waals surface area contributed by atoms with Crippen LogP contribution in [0.5, 0.6) is 11.5 Å². The van der Waals surface area contributed by atoms with Gasteiger partial charge in [-0.15, -0.1) is 0 Å². The molecule has 150 valence electrons. The Morgan fingerprint density at radius 3 is 2.11 bits per heavy atom. The van der Waals surface area contributed by atoms with E-state index in [1.54, 1.807) is 24.3 Å². The van der Waals surface area contributed by atoms with Crippen LogP contribution in [0.3, 0.4) is 0 Å². The summed E-state index contributed by atoms with van der Waals surface area (Å²) in [6.45, 7) is 14.0. The molecule has 0 aliphatic heterocycles. The van der Waals surface area contributed by atoms with E-state index in [1.165, 1.54) is 0 Å². The van der Waals surface area contributed by atoms with Gasteiger partial charge in [0.2, 0.25) is 0 Å². The molecule has 28 heavy (non-hydrogen) atoms. The summed E-state index contributed by atoms with van der Waals surface area (Å²) in [6.07, 6.45) is 10.6. The highest BCUT2D eigenvalue weighted by Gasteiger charge is 2.22. The van der Waals surface area contributed by atoms with E-state index in [-0.39, 0.29) is 22.9 Å². The van der Waals surface area contributed by atoms with Crippen LogP contribution in [0, 0.1) is 12.8 Å². The number of allylic oxidation sites excluding steroid dienone is 5. The van der Waals surface area contributed by atoms with Crippen molar-refractivity contribution in [3.05, 3.63) is 53.6 Å². The first-order valence-corrected chi connectivity index (χ1v) is 9.90. The van der Waals surface area contributed by atoms with Gasteiger partial charge in [0.15, 0.2) is 5.78 Å². The van der Waals surface area contributed by atoms with Crippen molar-refractivity contribution in [2.45, 2.75) is 59.7 Å². The number of carbonyl (C=O) groups is 1. The minimum Gasteiger partial charge on any atom is -0.487 e. The fourth-order valence-electron chi connectivity index (χ4n) is 2.69. The molecule has 3 nitrogen and oxygen atoms in total. The molecular weight excluding hydrogens is 368 g/mol. The molecule has 0 fully saturated rings. The summed E-state index contributed by atoms with van der Waals surface area (Å²) >= 11 is 5.10. The zero-order valence-corrected chi connectivity index (χ0v) is 18.6. The van der Waals surface area contributed by atoms with Crippen molar-refractivity contribution in [1.82, 2.24) is 0 Å². The average Bonchev–Trinajstić information content (AvgIpc) is 2.55. The van der Waals surface area contributed by atoms with Gasteiger partial charge < -0.3 is 9.47 Å². The number of carbonyl (C=O) groups excluding carboxylic acids is 1. The predicted octanol–water partition coefficient (Wildman–Crippen LogP) is 6.04. The number of rotatable bonds is 5. The van der Waals surface area contributed by atoms with Gasteiger partial charge in [-0.05, 0) is 84.4 Å². The second-order valence-electron chi connectivity index (χ2n) is 8.93. The van der Waals surface area contributed by atoms with Crippen LogP contribution in [0.1, 0.15) is 52.7 Å². The van der Waals surface area contributed by atoms with E-state index in [0.717, 1.165) is 21.7 Å². The van der Waals surface area contributed by atoms with E-state index in [0.29, 0.717) is 5.75 Å². The van der Waals surface area contributed by atoms with Crippen LogP contribution in [0.2, 0.25) is 0 Å². The van der Waals surface area contributed by atoms with Crippen LogP contribution in [0.15, 0.2) is 42.5 Å². The lowest BCUT2D eigenvalue weighted by atomic mass is 9.97. The van der Waals surface area contributed by atoms with Crippen molar-refractivity contribution in [2.24, 2.45) is 5.92 Å². The molecule has 0 N–H and O–H groups in total. The van der Waals surface area contributed by atoms with Gasteiger partial charge in [-0.2, -0.15) is 0 Å². The molecule has 2 rings (SSSR count). The minimum absolute atomic E-state index is 0.0140. The fraction of sp³-hybridized carbons (Fsp3) is 0.417. The summed E-state index contributed by atoms with van der Waals surface area (Å²) in [5.41, 5.74) is 1.02. The Kier molecular flexibility index (Phi) is 6.66. The van der Waals surface area contributed by atoms with Gasteiger partial charge in [-0.3, -0.25) is 4.79 Å². The molecule has 1 aliphatic carbocycles. The number of ether oxygens (including phenoxy) is 2. The quantitative estimate of drug-likeness (QED) is 0.447. The van der Waals surface area contributed by atoms with Crippen molar-refractivity contribution in [2.75, 3.05) is 0 Å². The first-order valence-electron chi connectivity index (χ1n) is 9.50. The summed E-state index contributed by atoms with van der Waals surface area (Å²) in [5.74, 6) is 1.11. The van der Waals surface area contributed by atoms with E-state index in [4.69, 9.17) is 21.7 Å². The highest BCUT2D eigenvalue weighted by atomic mass is 32.1. The molecule has 1 aromatic rings. The lowest BCUT2D eigenvalue weighted by Gasteiger charge is -2.28. The van der Waals surface area contributed by atoms with E-state index < -0.39 is 0 Å². The molecule has 0 radical (unpaired) electrons. The molecule has 0 heterocycles. The van der Waals surface area contributed by atoms with Crippen molar-refractivity contribution >= 4 is 28.9 Å². The Morgan fingerprint density at radius 2 is 1.57 bits per heavy atom. The number of hydrogen-bond donors (Lipinski definition) is 0. The van der Waals surface area contributed by atoms with Gasteiger partial charge in [0.05, 0.1) is 11.5 Å². The van der Waals surface area contributed by atoms with Gasteiger partial charge in [0.1, 0.15) is 22.7 Å². The van der Waals surface area contributed by atoms with Crippen molar-refractivity contribution in [1.29, 1.82) is 0 Å². The Balaban J connectivity index is 2.44. The zero-order chi connectivity index (χ0) is 21.1. The normalized spacial score (nSPS) is 15.3. The first-order chi connectivity index (χ1) is 12.9. The Morgan fingerprint density at radius 1 is 1.00 bits per heavy atom. The third-order valence-electron chi connectivity index (χ3n) is 3.86. The van der Waals surface area contributed by atoms with Crippen LogP contribution in [-0.4, -0.2) is 21.8 Å². The second kappa shape index (κ2) is 8.44. The molecule has 0 atom stereocenters. The fourth-order valence-corrected chi connectivity index (χ4v) is 2.85. The first kappa shape index (κ1) is 22.1. The monoisotopic (exact) mass is 398 g/mol. The maximum absolute atomic E-state index is 12.6. The van der Waals surface area contributed by atoms with Crippen molar-refractivity contribution in [3.8, 4) is 11.5 Å². The molecule has 1 aliphatic rings. The summed E-state index contributed by atoms with van der Waals surface area (Å²) in [6, 6.07) is 3.91. The molecule has 0 saturated carbocycles.